The van der Waals surface area contributed by atoms with Gasteiger partial charge >= 0.3 is 0 Å². The minimum Gasteiger partial charge on any atom is -0.360 e. The summed E-state index contributed by atoms with van der Waals surface area (Å²) in [6.07, 6.45) is -0.264. The Labute approximate surface area is 168 Å². The number of benzene rings is 3. The number of nitrogens with zero attached hydrogens (tertiary/aromatic N) is 1. The van der Waals surface area contributed by atoms with E-state index in [1.165, 1.54) is 0 Å². The van der Waals surface area contributed by atoms with Crippen LogP contribution in [-0.2, 0) is 0 Å². The highest BCUT2D eigenvalue weighted by molar-refractivity contribution is 14.1. The molecule has 3 aromatic rings. The van der Waals surface area contributed by atoms with E-state index >= 15 is 0 Å². The summed E-state index contributed by atoms with van der Waals surface area (Å²) in [6.45, 7) is 0. The van der Waals surface area contributed by atoms with Gasteiger partial charge in [0.2, 0.25) is 0 Å². The maximum Gasteiger partial charge on any atom is 0.262 e. The number of hydrogen-bond acceptors (Lipinski definition) is 2. The smallest absolute Gasteiger partial charge is 0.262 e. The predicted molar refractivity (Wildman–Crippen MR) is 113 cm³/mol. The Kier molecular flexibility index (Phi) is 4.52. The lowest BCUT2D eigenvalue weighted by molar-refractivity contribution is 0.0975. The number of fused-ring (bicyclic) bond motifs is 1. The first-order valence-electron chi connectivity index (χ1n) is 7.83. The van der Waals surface area contributed by atoms with Crippen LogP contribution in [0.3, 0.4) is 0 Å². The first kappa shape index (κ1) is 16.6. The van der Waals surface area contributed by atoms with Crippen LogP contribution in [0, 0.1) is 3.57 Å². The van der Waals surface area contributed by atoms with Gasteiger partial charge in [-0.05, 0) is 76.7 Å². The predicted octanol–water partition coefficient (Wildman–Crippen LogP) is 5.82. The van der Waals surface area contributed by atoms with Crippen LogP contribution in [0.15, 0.2) is 77.3 Å². The molecule has 1 heterocycles. The molecule has 3 aromatic carbocycles. The Morgan fingerprint density at radius 1 is 0.960 bits per heavy atom. The fourth-order valence-corrected chi connectivity index (χ4v) is 3.81. The molecule has 1 amide bonds. The number of halogens is 2. The van der Waals surface area contributed by atoms with Crippen LogP contribution >= 0.6 is 38.5 Å². The summed E-state index contributed by atoms with van der Waals surface area (Å²) in [5, 5.41) is 3.52. The van der Waals surface area contributed by atoms with Crippen LogP contribution < -0.4 is 10.2 Å². The molecule has 0 saturated carbocycles. The van der Waals surface area contributed by atoms with Crippen molar-refractivity contribution in [1.82, 2.24) is 0 Å². The second-order valence-electron chi connectivity index (χ2n) is 5.80. The van der Waals surface area contributed by atoms with Crippen molar-refractivity contribution >= 4 is 55.8 Å². The zero-order valence-electron chi connectivity index (χ0n) is 13.1. The van der Waals surface area contributed by atoms with Crippen molar-refractivity contribution < 1.29 is 4.79 Å². The van der Waals surface area contributed by atoms with E-state index in [4.69, 9.17) is 0 Å². The van der Waals surface area contributed by atoms with Crippen molar-refractivity contribution in [3.8, 4) is 0 Å². The van der Waals surface area contributed by atoms with Crippen LogP contribution in [0.2, 0.25) is 0 Å². The SMILES string of the molecule is O=C1c2ccccc2N[C@H](c2cccc(Br)c2)N1c1ccc(I)cc1. The summed E-state index contributed by atoms with van der Waals surface area (Å²) < 4.78 is 2.12. The average molecular weight is 505 g/mol. The van der Waals surface area contributed by atoms with Gasteiger partial charge in [0.15, 0.2) is 0 Å². The Balaban J connectivity index is 1.87. The first-order chi connectivity index (χ1) is 12.1. The van der Waals surface area contributed by atoms with Crippen LogP contribution in [-0.4, -0.2) is 5.91 Å². The van der Waals surface area contributed by atoms with Gasteiger partial charge in [-0.15, -0.1) is 0 Å². The summed E-state index contributed by atoms with van der Waals surface area (Å²) in [6, 6.07) is 23.7. The summed E-state index contributed by atoms with van der Waals surface area (Å²) in [5.41, 5.74) is 3.44. The van der Waals surface area contributed by atoms with Crippen molar-refractivity contribution in [3.05, 3.63) is 92.0 Å². The van der Waals surface area contributed by atoms with Crippen LogP contribution in [0.5, 0.6) is 0 Å². The number of amides is 1. The number of nitrogens with one attached hydrogen (secondary N) is 1. The number of carbonyl (C=O) groups is 1. The minimum atomic E-state index is -0.264. The van der Waals surface area contributed by atoms with E-state index in [9.17, 15) is 4.79 Å². The van der Waals surface area contributed by atoms with Gasteiger partial charge in [-0.1, -0.05) is 40.2 Å². The third kappa shape index (κ3) is 3.18. The van der Waals surface area contributed by atoms with E-state index in [1.54, 1.807) is 0 Å². The zero-order chi connectivity index (χ0) is 17.4. The molecule has 124 valence electrons. The highest BCUT2D eigenvalue weighted by Gasteiger charge is 2.33. The molecule has 0 radical (unpaired) electrons. The molecular formula is C20H14BrIN2O. The molecule has 1 N–H and O–H groups in total. The van der Waals surface area contributed by atoms with Crippen LogP contribution in [0.1, 0.15) is 22.1 Å². The molecule has 0 spiro atoms. The lowest BCUT2D eigenvalue weighted by Crippen LogP contribution is -2.43. The normalized spacial score (nSPS) is 16.3. The Morgan fingerprint density at radius 3 is 2.48 bits per heavy atom. The molecule has 25 heavy (non-hydrogen) atoms. The fourth-order valence-electron chi connectivity index (χ4n) is 3.03. The highest BCUT2D eigenvalue weighted by atomic mass is 127. The number of carbonyl (C=O) groups excluding carboxylic acids is 1. The maximum absolute atomic E-state index is 13.2. The third-order valence-corrected chi connectivity index (χ3v) is 5.41. The summed E-state index contributed by atoms with van der Waals surface area (Å²) in [7, 11) is 0. The van der Waals surface area contributed by atoms with Gasteiger partial charge in [0, 0.05) is 19.4 Å². The van der Waals surface area contributed by atoms with E-state index in [1.807, 2.05) is 77.7 Å². The first-order valence-corrected chi connectivity index (χ1v) is 9.71. The Morgan fingerprint density at radius 2 is 1.72 bits per heavy atom. The number of rotatable bonds is 2. The van der Waals surface area contributed by atoms with Gasteiger partial charge in [-0.25, -0.2) is 0 Å². The molecule has 0 aliphatic carbocycles. The molecule has 1 aliphatic rings. The summed E-state index contributed by atoms with van der Waals surface area (Å²) in [5.74, 6) is 0.000494. The monoisotopic (exact) mass is 504 g/mol. The van der Waals surface area contributed by atoms with Crippen molar-refractivity contribution in [3.63, 3.8) is 0 Å². The molecular weight excluding hydrogens is 491 g/mol. The van der Waals surface area contributed by atoms with Gasteiger partial charge in [0.05, 0.1) is 5.56 Å². The molecule has 3 nitrogen and oxygen atoms in total. The quantitative estimate of drug-likeness (QED) is 0.445. The summed E-state index contributed by atoms with van der Waals surface area (Å²) >= 11 is 5.80. The lowest BCUT2D eigenvalue weighted by atomic mass is 10.0. The lowest BCUT2D eigenvalue weighted by Gasteiger charge is -2.38. The number of hydrogen-bond donors (Lipinski definition) is 1. The number of anilines is 2. The van der Waals surface area contributed by atoms with Gasteiger partial charge < -0.3 is 5.32 Å². The standard InChI is InChI=1S/C20H14BrIN2O/c21-14-5-3-4-13(12-14)19-23-18-7-2-1-6-17(18)20(25)24(19)16-10-8-15(22)9-11-16/h1-12,19,23H/t19-/m0/s1. The van der Waals surface area contributed by atoms with E-state index in [-0.39, 0.29) is 12.1 Å². The maximum atomic E-state index is 13.2. The van der Waals surface area contributed by atoms with Crippen LogP contribution in [0.4, 0.5) is 11.4 Å². The van der Waals surface area contributed by atoms with Crippen molar-refractivity contribution in [2.75, 3.05) is 10.2 Å². The van der Waals surface area contributed by atoms with Crippen molar-refractivity contribution in [2.24, 2.45) is 0 Å². The molecule has 0 saturated heterocycles. The molecule has 1 aliphatic heterocycles. The minimum absolute atomic E-state index is 0.000494. The van der Waals surface area contributed by atoms with E-state index < -0.39 is 0 Å². The van der Waals surface area contributed by atoms with Crippen molar-refractivity contribution in [2.45, 2.75) is 6.17 Å². The molecule has 4 rings (SSSR count). The molecule has 0 bridgehead atoms. The zero-order valence-corrected chi connectivity index (χ0v) is 16.9. The number of para-hydroxylation sites is 1. The molecule has 1 atom stereocenters. The largest absolute Gasteiger partial charge is 0.360 e. The average Bonchev–Trinajstić information content (AvgIpc) is 2.63. The van der Waals surface area contributed by atoms with E-state index in [0.29, 0.717) is 5.56 Å². The van der Waals surface area contributed by atoms with Gasteiger partial charge in [-0.3, -0.25) is 9.69 Å². The van der Waals surface area contributed by atoms with Crippen LogP contribution in [0.25, 0.3) is 0 Å². The molecule has 0 unspecified atom stereocenters. The topological polar surface area (TPSA) is 32.3 Å². The fraction of sp³-hybridized carbons (Fsp3) is 0.0500. The van der Waals surface area contributed by atoms with Gasteiger partial charge in [0.1, 0.15) is 6.17 Å². The molecule has 5 heteroatoms. The Hall–Kier alpha value is -1.86. The highest BCUT2D eigenvalue weighted by Crippen LogP contribution is 2.37. The van der Waals surface area contributed by atoms with Crippen molar-refractivity contribution in [1.29, 1.82) is 0 Å². The van der Waals surface area contributed by atoms with Gasteiger partial charge in [0.25, 0.3) is 5.91 Å². The molecule has 0 aromatic heterocycles. The second-order valence-corrected chi connectivity index (χ2v) is 7.96. The summed E-state index contributed by atoms with van der Waals surface area (Å²) in [4.78, 5) is 15.1. The molecule has 0 fully saturated rings. The third-order valence-electron chi connectivity index (χ3n) is 4.20. The Bertz CT molecular complexity index is 942. The second kappa shape index (κ2) is 6.80. The van der Waals surface area contributed by atoms with Gasteiger partial charge in [-0.2, -0.15) is 0 Å². The van der Waals surface area contributed by atoms with E-state index in [0.717, 1.165) is 25.0 Å². The van der Waals surface area contributed by atoms with E-state index in [2.05, 4.69) is 43.8 Å².